The van der Waals surface area contributed by atoms with Gasteiger partial charge in [-0.05, 0) is 48.6 Å². The van der Waals surface area contributed by atoms with Crippen molar-refractivity contribution >= 4 is 27.7 Å². The highest BCUT2D eigenvalue weighted by molar-refractivity contribution is 9.10. The molecule has 2 unspecified atom stereocenters. The molecule has 6 rings (SSSR count). The molecule has 1 saturated heterocycles. The molecule has 0 amide bonds. The Morgan fingerprint density at radius 1 is 1.09 bits per heavy atom. The van der Waals surface area contributed by atoms with Gasteiger partial charge in [0.2, 0.25) is 5.95 Å². The number of halogens is 1. The van der Waals surface area contributed by atoms with Gasteiger partial charge in [0.25, 0.3) is 0 Å². The first-order valence-electron chi connectivity index (χ1n) is 10.7. The zero-order chi connectivity index (χ0) is 21.5. The van der Waals surface area contributed by atoms with Crippen LogP contribution in [0.4, 0.5) is 11.8 Å². The summed E-state index contributed by atoms with van der Waals surface area (Å²) in [5.41, 5.74) is 4.55. The average Bonchev–Trinajstić information content (AvgIpc) is 3.59. The Morgan fingerprint density at radius 2 is 2.03 bits per heavy atom. The molecular weight excluding hydrogens is 470 g/mol. The van der Waals surface area contributed by atoms with Crippen LogP contribution in [0.2, 0.25) is 0 Å². The number of rotatable bonds is 5. The molecule has 2 atom stereocenters. The summed E-state index contributed by atoms with van der Waals surface area (Å²) >= 11 is 3.56. The fraction of sp³-hybridized carbons (Fsp3) is 0.318. The van der Waals surface area contributed by atoms with E-state index in [2.05, 4.69) is 74.7 Å². The quantitative estimate of drug-likeness (QED) is 0.392. The minimum atomic E-state index is 0.291. The van der Waals surface area contributed by atoms with Gasteiger partial charge < -0.3 is 15.2 Å². The minimum absolute atomic E-state index is 0.291. The lowest BCUT2D eigenvalue weighted by Gasteiger charge is -2.15. The summed E-state index contributed by atoms with van der Waals surface area (Å²) in [5.74, 6) is 2.75. The van der Waals surface area contributed by atoms with Crippen molar-refractivity contribution in [3.05, 3.63) is 64.1 Å². The van der Waals surface area contributed by atoms with Crippen molar-refractivity contribution < 1.29 is 0 Å². The average molecular weight is 492 g/mol. The molecule has 3 N–H and O–H groups in total. The van der Waals surface area contributed by atoms with Gasteiger partial charge >= 0.3 is 0 Å². The van der Waals surface area contributed by atoms with Gasteiger partial charge in [0.15, 0.2) is 5.82 Å². The van der Waals surface area contributed by atoms with E-state index in [1.807, 2.05) is 18.5 Å². The normalized spacial score (nSPS) is 20.0. The van der Waals surface area contributed by atoms with Crippen LogP contribution in [0.25, 0.3) is 11.5 Å². The lowest BCUT2D eigenvalue weighted by Crippen LogP contribution is -2.21. The second kappa shape index (κ2) is 8.01. The Morgan fingerprint density at radius 3 is 2.94 bits per heavy atom. The van der Waals surface area contributed by atoms with Crippen molar-refractivity contribution in [2.75, 3.05) is 23.3 Å². The zero-order valence-corrected chi connectivity index (χ0v) is 18.9. The summed E-state index contributed by atoms with van der Waals surface area (Å²) in [5, 5.41) is 14.4. The van der Waals surface area contributed by atoms with Gasteiger partial charge in [-0.15, -0.1) is 0 Å². The Labute approximate surface area is 193 Å². The van der Waals surface area contributed by atoms with Gasteiger partial charge in [0, 0.05) is 35.7 Å². The van der Waals surface area contributed by atoms with Crippen LogP contribution in [-0.4, -0.2) is 54.5 Å². The molecule has 1 aliphatic heterocycles. The number of anilines is 2. The number of hydrogen-bond acceptors (Lipinski definition) is 7. The number of hydrogen-bond donors (Lipinski definition) is 3. The van der Waals surface area contributed by atoms with Crippen molar-refractivity contribution in [1.82, 2.24) is 35.3 Å². The van der Waals surface area contributed by atoms with E-state index in [0.717, 1.165) is 59.9 Å². The van der Waals surface area contributed by atoms with Crippen molar-refractivity contribution in [1.29, 1.82) is 0 Å². The predicted molar refractivity (Wildman–Crippen MR) is 125 cm³/mol. The summed E-state index contributed by atoms with van der Waals surface area (Å²) in [6.07, 6.45) is 8.45. The van der Waals surface area contributed by atoms with Crippen molar-refractivity contribution in [2.45, 2.75) is 31.2 Å². The van der Waals surface area contributed by atoms with Crippen LogP contribution in [0.3, 0.4) is 0 Å². The van der Waals surface area contributed by atoms with E-state index in [1.165, 1.54) is 11.1 Å². The highest BCUT2D eigenvalue weighted by Crippen LogP contribution is 2.30. The van der Waals surface area contributed by atoms with E-state index < -0.39 is 0 Å². The molecule has 0 saturated carbocycles. The van der Waals surface area contributed by atoms with E-state index in [-0.39, 0.29) is 0 Å². The van der Waals surface area contributed by atoms with Gasteiger partial charge in [-0.3, -0.25) is 0 Å². The molecule has 4 aromatic rings. The third kappa shape index (κ3) is 3.75. The van der Waals surface area contributed by atoms with E-state index >= 15 is 0 Å². The van der Waals surface area contributed by atoms with Gasteiger partial charge in [-0.1, -0.05) is 22.0 Å². The van der Waals surface area contributed by atoms with E-state index in [0.29, 0.717) is 17.9 Å². The van der Waals surface area contributed by atoms with Crippen LogP contribution in [0, 0.1) is 0 Å². The third-order valence-electron chi connectivity index (χ3n) is 6.28. The predicted octanol–water partition coefficient (Wildman–Crippen LogP) is 3.32. The molecule has 32 heavy (non-hydrogen) atoms. The first-order chi connectivity index (χ1) is 15.7. The van der Waals surface area contributed by atoms with E-state index in [1.54, 1.807) is 6.20 Å². The second-order valence-corrected chi connectivity index (χ2v) is 9.29. The summed E-state index contributed by atoms with van der Waals surface area (Å²) in [4.78, 5) is 19.4. The number of benzene rings is 1. The Bertz CT molecular complexity index is 1240. The van der Waals surface area contributed by atoms with E-state index in [9.17, 15) is 0 Å². The highest BCUT2D eigenvalue weighted by Gasteiger charge is 2.27. The molecule has 2 aliphatic rings. The van der Waals surface area contributed by atoms with Gasteiger partial charge in [-0.2, -0.15) is 15.4 Å². The maximum Gasteiger partial charge on any atom is 0.223 e. The lowest BCUT2D eigenvalue weighted by molar-refractivity contribution is 0.736. The lowest BCUT2D eigenvalue weighted by atomic mass is 10.1. The van der Waals surface area contributed by atoms with Crippen LogP contribution in [0.1, 0.15) is 29.2 Å². The van der Waals surface area contributed by atoms with Crippen LogP contribution in [0.5, 0.6) is 0 Å². The summed E-state index contributed by atoms with van der Waals surface area (Å²) in [7, 11) is 0. The molecular formula is C22H22BrN9. The van der Waals surface area contributed by atoms with Crippen LogP contribution in [0.15, 0.2) is 47.3 Å². The summed E-state index contributed by atoms with van der Waals surface area (Å²) < 4.78 is 1.12. The monoisotopic (exact) mass is 491 g/mol. The molecule has 1 aliphatic carbocycles. The number of aromatic amines is 2. The molecule has 1 fully saturated rings. The SMILES string of the molecule is Brc1ccc2c(c1)CC(Nc1nccc(-c3ncc(N4CCC(c5cn[nH]n5)C4)[nH]3)n1)C2. The largest absolute Gasteiger partial charge is 0.356 e. The van der Waals surface area contributed by atoms with Crippen LogP contribution in [-0.2, 0) is 12.8 Å². The standard InChI is InChI=1S/C22H22BrN9/c23-16-2-1-13-8-17(9-15(13)7-16)27-22-24-5-3-18(28-22)21-25-11-20(29-21)32-6-4-14(12-32)19-10-26-31-30-19/h1-3,5,7,10-11,14,17H,4,6,8-9,12H2,(H,25,29)(H,24,27,28)(H,26,30,31). The molecule has 10 heteroatoms. The number of nitrogens with one attached hydrogen (secondary N) is 3. The molecule has 1 aromatic carbocycles. The van der Waals surface area contributed by atoms with Crippen LogP contribution >= 0.6 is 15.9 Å². The molecule has 4 heterocycles. The fourth-order valence-corrected chi connectivity index (χ4v) is 5.07. The fourth-order valence-electron chi connectivity index (χ4n) is 4.66. The Hall–Kier alpha value is -3.27. The second-order valence-electron chi connectivity index (χ2n) is 8.37. The zero-order valence-electron chi connectivity index (χ0n) is 17.3. The maximum atomic E-state index is 4.72. The first-order valence-corrected chi connectivity index (χ1v) is 11.5. The van der Waals surface area contributed by atoms with Crippen molar-refractivity contribution in [2.24, 2.45) is 0 Å². The number of nitrogens with zero attached hydrogens (tertiary/aromatic N) is 6. The maximum absolute atomic E-state index is 4.72. The highest BCUT2D eigenvalue weighted by atomic mass is 79.9. The number of H-pyrrole nitrogens is 2. The Balaban J connectivity index is 1.14. The topological polar surface area (TPSA) is 111 Å². The smallest absolute Gasteiger partial charge is 0.223 e. The van der Waals surface area contributed by atoms with Crippen molar-refractivity contribution in [3.8, 4) is 11.5 Å². The first kappa shape index (κ1) is 19.4. The Kier molecular flexibility index (Phi) is 4.86. The molecule has 0 bridgehead atoms. The summed E-state index contributed by atoms with van der Waals surface area (Å²) in [6.45, 7) is 1.84. The van der Waals surface area contributed by atoms with Crippen molar-refractivity contribution in [3.63, 3.8) is 0 Å². The van der Waals surface area contributed by atoms with Gasteiger partial charge in [-0.25, -0.2) is 15.0 Å². The molecule has 9 nitrogen and oxygen atoms in total. The molecule has 162 valence electrons. The van der Waals surface area contributed by atoms with Gasteiger partial charge in [0.1, 0.15) is 11.5 Å². The summed E-state index contributed by atoms with van der Waals surface area (Å²) in [6, 6.07) is 8.66. The van der Waals surface area contributed by atoms with Gasteiger partial charge in [0.05, 0.1) is 18.1 Å². The minimum Gasteiger partial charge on any atom is -0.356 e. The number of aromatic nitrogens is 7. The van der Waals surface area contributed by atoms with E-state index in [4.69, 9.17) is 4.98 Å². The molecule has 0 radical (unpaired) electrons. The number of fused-ring (bicyclic) bond motifs is 1. The molecule has 3 aromatic heterocycles. The number of imidazole rings is 1. The third-order valence-corrected chi connectivity index (χ3v) is 6.77. The molecule has 0 spiro atoms. The van der Waals surface area contributed by atoms with Crippen LogP contribution < -0.4 is 10.2 Å².